The largest absolute Gasteiger partial charge is 0.464 e. The summed E-state index contributed by atoms with van der Waals surface area (Å²) in [5, 5.41) is 0. The fourth-order valence-corrected chi connectivity index (χ4v) is 5.50. The van der Waals surface area contributed by atoms with Crippen LogP contribution >= 0.6 is 0 Å². The summed E-state index contributed by atoms with van der Waals surface area (Å²) in [6.45, 7) is 4.83. The van der Waals surface area contributed by atoms with Crippen LogP contribution in [0.4, 0.5) is 0 Å². The van der Waals surface area contributed by atoms with E-state index in [1.165, 1.54) is 0 Å². The van der Waals surface area contributed by atoms with E-state index in [0.717, 1.165) is 19.3 Å². The molecular formula is C15H20O4. The highest BCUT2D eigenvalue weighted by atomic mass is 16.6. The van der Waals surface area contributed by atoms with E-state index >= 15 is 0 Å². The van der Waals surface area contributed by atoms with Crippen LogP contribution in [0.2, 0.25) is 0 Å². The average molecular weight is 264 g/mol. The number of fused-ring (bicyclic) bond motifs is 2. The fraction of sp³-hybridized carbons (Fsp3) is 0.867. The first kappa shape index (κ1) is 11.7. The molecule has 0 unspecified atom stereocenters. The van der Waals surface area contributed by atoms with Gasteiger partial charge in [0.15, 0.2) is 0 Å². The highest BCUT2D eigenvalue weighted by molar-refractivity contribution is 5.84. The third-order valence-corrected chi connectivity index (χ3v) is 6.72. The summed E-state index contributed by atoms with van der Waals surface area (Å²) < 4.78 is 10.7. The molecule has 104 valence electrons. The first-order valence-corrected chi connectivity index (χ1v) is 7.37. The monoisotopic (exact) mass is 264 g/mol. The topological polar surface area (TPSA) is 52.6 Å². The number of rotatable bonds is 0. The van der Waals surface area contributed by atoms with Gasteiger partial charge in [-0.25, -0.2) is 0 Å². The third-order valence-electron chi connectivity index (χ3n) is 6.72. The molecule has 2 bridgehead atoms. The lowest BCUT2D eigenvalue weighted by molar-refractivity contribution is -0.251. The van der Waals surface area contributed by atoms with E-state index in [4.69, 9.17) is 9.47 Å². The van der Waals surface area contributed by atoms with Gasteiger partial charge >= 0.3 is 11.9 Å². The Kier molecular flexibility index (Phi) is 2.06. The van der Waals surface area contributed by atoms with Crippen molar-refractivity contribution in [3.05, 3.63) is 0 Å². The first-order valence-electron chi connectivity index (χ1n) is 7.37. The van der Waals surface area contributed by atoms with Crippen molar-refractivity contribution in [3.63, 3.8) is 0 Å². The molecule has 2 heterocycles. The van der Waals surface area contributed by atoms with Crippen LogP contribution in [0.1, 0.15) is 39.5 Å². The molecule has 2 saturated carbocycles. The second kappa shape index (κ2) is 3.33. The molecule has 0 aromatic carbocycles. The molecule has 4 aliphatic rings. The van der Waals surface area contributed by atoms with Crippen molar-refractivity contribution in [2.75, 3.05) is 6.61 Å². The Balaban J connectivity index is 1.85. The van der Waals surface area contributed by atoms with Crippen molar-refractivity contribution in [1.82, 2.24) is 0 Å². The summed E-state index contributed by atoms with van der Waals surface area (Å²) in [6.07, 6.45) is 3.52. The van der Waals surface area contributed by atoms with Gasteiger partial charge in [0.2, 0.25) is 0 Å². The Morgan fingerprint density at radius 1 is 1.21 bits per heavy atom. The molecule has 6 atom stereocenters. The molecule has 19 heavy (non-hydrogen) atoms. The van der Waals surface area contributed by atoms with Crippen LogP contribution in [-0.4, -0.2) is 24.6 Å². The molecule has 2 aliphatic carbocycles. The summed E-state index contributed by atoms with van der Waals surface area (Å²) in [7, 11) is 0. The highest BCUT2D eigenvalue weighted by Gasteiger charge is 2.73. The maximum atomic E-state index is 12.2. The maximum Gasteiger partial charge on any atom is 0.316 e. The Hall–Kier alpha value is -1.06. The van der Waals surface area contributed by atoms with E-state index < -0.39 is 0 Å². The predicted molar refractivity (Wildman–Crippen MR) is 66.0 cm³/mol. The van der Waals surface area contributed by atoms with E-state index in [-0.39, 0.29) is 34.8 Å². The fourth-order valence-electron chi connectivity index (χ4n) is 5.50. The molecular weight excluding hydrogens is 244 g/mol. The molecule has 0 aromatic heterocycles. The van der Waals surface area contributed by atoms with Gasteiger partial charge in [0, 0.05) is 5.92 Å². The first-order chi connectivity index (χ1) is 9.00. The lowest BCUT2D eigenvalue weighted by atomic mass is 9.47. The van der Waals surface area contributed by atoms with E-state index in [1.807, 2.05) is 0 Å². The highest BCUT2D eigenvalue weighted by Crippen LogP contribution is 2.69. The Morgan fingerprint density at radius 2 is 2.00 bits per heavy atom. The number of carbonyl (C=O) groups is 2. The smallest absolute Gasteiger partial charge is 0.316 e. The molecule has 2 spiro atoms. The lowest BCUT2D eigenvalue weighted by Crippen LogP contribution is -2.68. The van der Waals surface area contributed by atoms with Gasteiger partial charge in [0.25, 0.3) is 0 Å². The minimum Gasteiger partial charge on any atom is -0.464 e. The zero-order chi connectivity index (χ0) is 13.4. The van der Waals surface area contributed by atoms with Gasteiger partial charge in [-0.3, -0.25) is 9.59 Å². The van der Waals surface area contributed by atoms with Crippen LogP contribution in [0.25, 0.3) is 0 Å². The quantitative estimate of drug-likeness (QED) is 0.627. The molecule has 4 heteroatoms. The number of hydrogen-bond donors (Lipinski definition) is 0. The van der Waals surface area contributed by atoms with Gasteiger partial charge in [-0.15, -0.1) is 0 Å². The zero-order valence-electron chi connectivity index (χ0n) is 11.5. The van der Waals surface area contributed by atoms with E-state index in [1.54, 1.807) is 0 Å². The number of esters is 2. The summed E-state index contributed by atoms with van der Waals surface area (Å²) >= 11 is 0. The summed E-state index contributed by atoms with van der Waals surface area (Å²) in [5.74, 6) is 0.804. The summed E-state index contributed by atoms with van der Waals surface area (Å²) in [5.41, 5.74) is -0.375. The van der Waals surface area contributed by atoms with Crippen LogP contribution < -0.4 is 0 Å². The molecule has 4 nitrogen and oxygen atoms in total. The minimum atomic E-state index is -0.367. The van der Waals surface area contributed by atoms with Gasteiger partial charge < -0.3 is 9.47 Å². The standard InChI is InChI=1S/C15H20O4/c1-8-3-4-11-14(8)5-10(19-12(16)6-14)9(2)15(11)7-18-13(15)17/h8-11H,3-7H2,1-2H3/t8-,9-,10-,11+,14-,15+/m1/s1. The van der Waals surface area contributed by atoms with Gasteiger partial charge in [0.05, 0.1) is 6.42 Å². The molecule has 0 N–H and O–H groups in total. The Morgan fingerprint density at radius 3 is 2.63 bits per heavy atom. The van der Waals surface area contributed by atoms with E-state index in [2.05, 4.69) is 13.8 Å². The lowest BCUT2D eigenvalue weighted by Gasteiger charge is -2.61. The number of cyclic esters (lactones) is 1. The second-order valence-electron chi connectivity index (χ2n) is 7.08. The summed E-state index contributed by atoms with van der Waals surface area (Å²) in [4.78, 5) is 24.2. The van der Waals surface area contributed by atoms with Crippen LogP contribution in [0.3, 0.4) is 0 Å². The van der Waals surface area contributed by atoms with Gasteiger partial charge in [-0.2, -0.15) is 0 Å². The van der Waals surface area contributed by atoms with Crippen LogP contribution in [-0.2, 0) is 19.1 Å². The summed E-state index contributed by atoms with van der Waals surface area (Å²) in [6, 6.07) is 0. The number of hydrogen-bond acceptors (Lipinski definition) is 4. The van der Waals surface area contributed by atoms with Crippen molar-refractivity contribution >= 4 is 11.9 Å². The van der Waals surface area contributed by atoms with Crippen LogP contribution in [0.5, 0.6) is 0 Å². The maximum absolute atomic E-state index is 12.2. The zero-order valence-corrected chi connectivity index (χ0v) is 11.5. The molecule has 4 rings (SSSR count). The number of carbonyl (C=O) groups excluding carboxylic acids is 2. The van der Waals surface area contributed by atoms with Crippen molar-refractivity contribution in [1.29, 1.82) is 0 Å². The van der Waals surface area contributed by atoms with Crippen LogP contribution in [0.15, 0.2) is 0 Å². The average Bonchev–Trinajstić information content (AvgIpc) is 2.66. The molecule has 0 aromatic rings. The van der Waals surface area contributed by atoms with Crippen LogP contribution in [0, 0.1) is 28.6 Å². The molecule has 2 saturated heterocycles. The molecule has 4 fully saturated rings. The van der Waals surface area contributed by atoms with E-state index in [0.29, 0.717) is 24.9 Å². The Labute approximate surface area is 112 Å². The SMILES string of the molecule is C[C@@H]1CC[C@H]2[C@]13CC(=O)O[C@H](C3)[C@@H](C)[C@@]21COC1=O. The normalized spacial score (nSPS) is 55.3. The van der Waals surface area contributed by atoms with Crippen molar-refractivity contribution in [3.8, 4) is 0 Å². The van der Waals surface area contributed by atoms with Gasteiger partial charge in [-0.1, -0.05) is 13.8 Å². The number of ether oxygens (including phenoxy) is 2. The Bertz CT molecular complexity index is 473. The molecule has 0 amide bonds. The molecule has 2 aliphatic heterocycles. The molecule has 0 radical (unpaired) electrons. The van der Waals surface area contributed by atoms with Gasteiger partial charge in [0.1, 0.15) is 18.1 Å². The van der Waals surface area contributed by atoms with E-state index in [9.17, 15) is 9.59 Å². The third kappa shape index (κ3) is 1.13. The van der Waals surface area contributed by atoms with Crippen molar-refractivity contribution in [2.24, 2.45) is 28.6 Å². The van der Waals surface area contributed by atoms with Gasteiger partial charge in [-0.05, 0) is 36.5 Å². The van der Waals surface area contributed by atoms with Crippen molar-refractivity contribution < 1.29 is 19.1 Å². The van der Waals surface area contributed by atoms with Crippen molar-refractivity contribution in [2.45, 2.75) is 45.6 Å². The second-order valence-corrected chi connectivity index (χ2v) is 7.08. The minimum absolute atomic E-state index is 0.00799. The predicted octanol–water partition coefficient (Wildman–Crippen LogP) is 1.92.